The van der Waals surface area contributed by atoms with E-state index in [1.54, 1.807) is 18.2 Å². The summed E-state index contributed by atoms with van der Waals surface area (Å²) in [6.45, 7) is -0.0869. The summed E-state index contributed by atoms with van der Waals surface area (Å²) in [6.07, 6.45) is 0. The molecule has 0 spiro atoms. The number of benzene rings is 2. The van der Waals surface area contributed by atoms with Crippen LogP contribution in [0.1, 0.15) is 5.56 Å². The van der Waals surface area contributed by atoms with Crippen molar-refractivity contribution >= 4 is 11.6 Å². The van der Waals surface area contributed by atoms with Gasteiger partial charge in [0, 0.05) is 6.54 Å². The molecular weight excluding hydrogens is 337 g/mol. The Morgan fingerprint density at radius 1 is 1.00 bits per heavy atom. The molecule has 25 heavy (non-hydrogen) atoms. The highest BCUT2D eigenvalue weighted by Gasteiger charge is 2.14. The molecule has 0 aliphatic carbocycles. The number of carbonyl (C=O) groups is 1. The van der Waals surface area contributed by atoms with E-state index in [0.29, 0.717) is 11.5 Å². The zero-order valence-electron chi connectivity index (χ0n) is 13.7. The predicted molar refractivity (Wildman–Crippen MR) is 86.2 cm³/mol. The zero-order valence-corrected chi connectivity index (χ0v) is 13.7. The number of ether oxygens (including phenoxy) is 2. The molecule has 2 N–H and O–H groups in total. The summed E-state index contributed by atoms with van der Waals surface area (Å²) in [4.78, 5) is 11.8. The quantitative estimate of drug-likeness (QED) is 0.751. The van der Waals surface area contributed by atoms with Gasteiger partial charge < -0.3 is 20.1 Å². The van der Waals surface area contributed by atoms with Crippen LogP contribution in [0.15, 0.2) is 30.3 Å². The first-order valence-electron chi connectivity index (χ1n) is 7.31. The molecule has 5 nitrogen and oxygen atoms in total. The van der Waals surface area contributed by atoms with Crippen LogP contribution in [0.3, 0.4) is 0 Å². The van der Waals surface area contributed by atoms with Crippen molar-refractivity contribution in [3.05, 3.63) is 53.3 Å². The normalized spacial score (nSPS) is 10.3. The first-order valence-corrected chi connectivity index (χ1v) is 7.31. The molecule has 0 fully saturated rings. The molecule has 0 bridgehead atoms. The summed E-state index contributed by atoms with van der Waals surface area (Å²) in [5.41, 5.74) is 0.477. The molecule has 0 saturated heterocycles. The lowest BCUT2D eigenvalue weighted by Crippen LogP contribution is -2.29. The molecule has 0 aliphatic heterocycles. The topological polar surface area (TPSA) is 59.6 Å². The Morgan fingerprint density at radius 2 is 1.72 bits per heavy atom. The number of hydrogen-bond donors (Lipinski definition) is 2. The number of hydrogen-bond acceptors (Lipinski definition) is 4. The predicted octanol–water partition coefficient (Wildman–Crippen LogP) is 2.85. The smallest absolute Gasteiger partial charge is 0.239 e. The number of rotatable bonds is 7. The number of halogens is 3. The van der Waals surface area contributed by atoms with Gasteiger partial charge in [-0.3, -0.25) is 4.79 Å². The van der Waals surface area contributed by atoms with Crippen LogP contribution in [0.2, 0.25) is 0 Å². The molecule has 2 aromatic carbocycles. The summed E-state index contributed by atoms with van der Waals surface area (Å²) in [6, 6.07) is 6.97. The molecule has 1 amide bonds. The fraction of sp³-hybridized carbons (Fsp3) is 0.235. The molecule has 8 heteroatoms. The van der Waals surface area contributed by atoms with Crippen LogP contribution in [-0.4, -0.2) is 26.7 Å². The Hall–Kier alpha value is -2.90. The summed E-state index contributed by atoms with van der Waals surface area (Å²) in [7, 11) is 3.02. The summed E-state index contributed by atoms with van der Waals surface area (Å²) in [5.74, 6) is -3.60. The first-order chi connectivity index (χ1) is 12.0. The number of anilines is 1. The second-order valence-electron chi connectivity index (χ2n) is 5.04. The molecule has 134 valence electrons. The van der Waals surface area contributed by atoms with Gasteiger partial charge in [-0.15, -0.1) is 0 Å². The number of nitrogens with one attached hydrogen (secondary N) is 2. The lowest BCUT2D eigenvalue weighted by molar-refractivity contribution is -0.119. The van der Waals surface area contributed by atoms with Gasteiger partial charge in [-0.2, -0.15) is 0 Å². The van der Waals surface area contributed by atoms with Gasteiger partial charge in [0.25, 0.3) is 0 Å². The van der Waals surface area contributed by atoms with Gasteiger partial charge in [-0.05, 0) is 29.8 Å². The highest BCUT2D eigenvalue weighted by molar-refractivity contribution is 5.80. The van der Waals surface area contributed by atoms with Gasteiger partial charge >= 0.3 is 0 Å². The van der Waals surface area contributed by atoms with Gasteiger partial charge in [0.1, 0.15) is 0 Å². The van der Waals surface area contributed by atoms with Crippen LogP contribution in [0.5, 0.6) is 11.5 Å². The van der Waals surface area contributed by atoms with E-state index in [1.165, 1.54) is 14.2 Å². The number of carbonyl (C=O) groups excluding carboxylic acids is 1. The largest absolute Gasteiger partial charge is 0.493 e. The van der Waals surface area contributed by atoms with Crippen molar-refractivity contribution in [2.45, 2.75) is 6.54 Å². The van der Waals surface area contributed by atoms with Crippen LogP contribution in [0, 0.1) is 17.5 Å². The Balaban J connectivity index is 1.90. The molecule has 0 unspecified atom stereocenters. The molecule has 2 rings (SSSR count). The van der Waals surface area contributed by atoms with Crippen molar-refractivity contribution in [1.82, 2.24) is 5.32 Å². The highest BCUT2D eigenvalue weighted by atomic mass is 19.2. The molecular formula is C17H17F3N2O3. The Morgan fingerprint density at radius 3 is 2.40 bits per heavy atom. The third kappa shape index (κ3) is 4.56. The number of amides is 1. The van der Waals surface area contributed by atoms with Gasteiger partial charge in [0.05, 0.1) is 26.5 Å². The second kappa shape index (κ2) is 8.27. The van der Waals surface area contributed by atoms with Gasteiger partial charge in [-0.25, -0.2) is 13.2 Å². The third-order valence-electron chi connectivity index (χ3n) is 3.41. The van der Waals surface area contributed by atoms with Crippen molar-refractivity contribution in [3.8, 4) is 11.5 Å². The van der Waals surface area contributed by atoms with E-state index < -0.39 is 23.4 Å². The van der Waals surface area contributed by atoms with E-state index in [-0.39, 0.29) is 18.8 Å². The lowest BCUT2D eigenvalue weighted by Gasteiger charge is -2.11. The Labute approximate surface area is 142 Å². The van der Waals surface area contributed by atoms with Crippen LogP contribution in [-0.2, 0) is 11.3 Å². The monoisotopic (exact) mass is 354 g/mol. The fourth-order valence-corrected chi connectivity index (χ4v) is 2.09. The van der Waals surface area contributed by atoms with E-state index in [0.717, 1.165) is 17.7 Å². The Kier molecular flexibility index (Phi) is 6.10. The Bertz CT molecular complexity index is 769. The molecule has 0 heterocycles. The van der Waals surface area contributed by atoms with Crippen LogP contribution < -0.4 is 20.1 Å². The standard InChI is InChI=1S/C17H17F3N2O3/c1-24-13-6-3-10(7-14(13)25-2)8-22-15(23)9-21-12-5-4-11(18)16(19)17(12)20/h3-7,21H,8-9H2,1-2H3,(H,22,23). The van der Waals surface area contributed by atoms with E-state index in [1.807, 2.05) is 0 Å². The minimum atomic E-state index is -1.59. The average Bonchev–Trinajstić information content (AvgIpc) is 2.63. The molecule has 0 aromatic heterocycles. The zero-order chi connectivity index (χ0) is 18.4. The lowest BCUT2D eigenvalue weighted by atomic mass is 10.2. The van der Waals surface area contributed by atoms with Crippen molar-refractivity contribution in [3.63, 3.8) is 0 Å². The highest BCUT2D eigenvalue weighted by Crippen LogP contribution is 2.27. The molecule has 0 radical (unpaired) electrons. The molecule has 0 aliphatic rings. The minimum absolute atomic E-state index is 0.209. The van der Waals surface area contributed by atoms with Gasteiger partial charge in [0.15, 0.2) is 29.0 Å². The average molecular weight is 354 g/mol. The van der Waals surface area contributed by atoms with E-state index in [4.69, 9.17) is 9.47 Å². The minimum Gasteiger partial charge on any atom is -0.493 e. The van der Waals surface area contributed by atoms with Crippen molar-refractivity contribution in [1.29, 1.82) is 0 Å². The van der Waals surface area contributed by atoms with Gasteiger partial charge in [0.2, 0.25) is 5.91 Å². The first kappa shape index (κ1) is 18.4. The molecule has 0 atom stereocenters. The maximum atomic E-state index is 13.5. The summed E-state index contributed by atoms with van der Waals surface area (Å²) in [5, 5.41) is 5.03. The second-order valence-corrected chi connectivity index (χ2v) is 5.04. The SMILES string of the molecule is COc1ccc(CNC(=O)CNc2ccc(F)c(F)c2F)cc1OC. The summed E-state index contributed by atoms with van der Waals surface area (Å²) < 4.78 is 49.7. The van der Waals surface area contributed by atoms with E-state index >= 15 is 0 Å². The molecule has 0 saturated carbocycles. The molecule has 2 aromatic rings. The van der Waals surface area contributed by atoms with E-state index in [2.05, 4.69) is 10.6 Å². The van der Waals surface area contributed by atoms with Gasteiger partial charge in [-0.1, -0.05) is 6.07 Å². The maximum Gasteiger partial charge on any atom is 0.239 e. The number of methoxy groups -OCH3 is 2. The third-order valence-corrected chi connectivity index (χ3v) is 3.41. The van der Waals surface area contributed by atoms with Crippen molar-refractivity contribution in [2.75, 3.05) is 26.1 Å². The van der Waals surface area contributed by atoms with Crippen LogP contribution >= 0.6 is 0 Å². The van der Waals surface area contributed by atoms with Crippen molar-refractivity contribution in [2.24, 2.45) is 0 Å². The van der Waals surface area contributed by atoms with Crippen LogP contribution in [0.25, 0.3) is 0 Å². The summed E-state index contributed by atoms with van der Waals surface area (Å²) >= 11 is 0. The van der Waals surface area contributed by atoms with Crippen LogP contribution in [0.4, 0.5) is 18.9 Å². The van der Waals surface area contributed by atoms with E-state index in [9.17, 15) is 18.0 Å². The van der Waals surface area contributed by atoms with Crippen molar-refractivity contribution < 1.29 is 27.4 Å². The maximum absolute atomic E-state index is 13.5. The fourth-order valence-electron chi connectivity index (χ4n) is 2.09.